The van der Waals surface area contributed by atoms with Crippen LogP contribution in [0.2, 0.25) is 0 Å². The number of anilines is 1. The monoisotopic (exact) mass is 413 g/mol. The summed E-state index contributed by atoms with van der Waals surface area (Å²) in [5.41, 5.74) is 2.00. The number of hydrogen-bond donors (Lipinski definition) is 2. The van der Waals surface area contributed by atoms with E-state index in [4.69, 9.17) is 9.84 Å². The molecular weight excluding hydrogens is 392 g/mol. The van der Waals surface area contributed by atoms with Crippen LogP contribution < -0.4 is 15.4 Å². The minimum absolute atomic E-state index is 0.0638. The van der Waals surface area contributed by atoms with Crippen LogP contribution in [0, 0.1) is 11.7 Å². The highest BCUT2D eigenvalue weighted by molar-refractivity contribution is 5.62. The molecule has 3 saturated carbocycles. The highest BCUT2D eigenvalue weighted by Gasteiger charge is 2.59. The maximum atomic E-state index is 14.7. The summed E-state index contributed by atoms with van der Waals surface area (Å²) in [6, 6.07) is 1.38. The van der Waals surface area contributed by atoms with Crippen molar-refractivity contribution in [3.8, 4) is 17.1 Å². The minimum atomic E-state index is -1.05. The molecule has 30 heavy (non-hydrogen) atoms. The summed E-state index contributed by atoms with van der Waals surface area (Å²) in [6.45, 7) is 0.733. The van der Waals surface area contributed by atoms with Crippen LogP contribution in [0.15, 0.2) is 18.5 Å². The van der Waals surface area contributed by atoms with E-state index in [0.717, 1.165) is 37.1 Å². The summed E-state index contributed by atoms with van der Waals surface area (Å²) in [6.07, 6.45) is 4.91. The van der Waals surface area contributed by atoms with E-state index in [0.29, 0.717) is 23.6 Å². The molecule has 2 N–H and O–H groups in total. The van der Waals surface area contributed by atoms with Gasteiger partial charge < -0.3 is 15.4 Å². The van der Waals surface area contributed by atoms with Crippen molar-refractivity contribution >= 4 is 11.6 Å². The molecule has 1 saturated heterocycles. The Bertz CT molecular complexity index is 1130. The van der Waals surface area contributed by atoms with Crippen molar-refractivity contribution in [2.45, 2.75) is 36.9 Å². The second-order valence-corrected chi connectivity index (χ2v) is 8.55. The minimum Gasteiger partial charge on any atom is -0.495 e. The number of alkyl halides is 1. The fourth-order valence-electron chi connectivity index (χ4n) is 4.92. The number of hydrogen-bond acceptors (Lipinski definition) is 7. The van der Waals surface area contributed by atoms with E-state index in [1.54, 1.807) is 11.6 Å². The quantitative estimate of drug-likeness (QED) is 0.662. The maximum absolute atomic E-state index is 14.7. The summed E-state index contributed by atoms with van der Waals surface area (Å²) < 4.78 is 35.8. The first-order valence-electron chi connectivity index (χ1n) is 10.1. The standard InChI is InChI=1S/C20H21F2N7O/c1-30-15-2-16-24-9-14(29(16)28-18(15)20-3-10(4-20)5-20)17-12(22)7-25-19(27-17)26-13-8-23-6-11(13)21/h2,7,9-11,13,23H,3-6,8H2,1H3,(H,25,26,27)/t10?,11-,13-,20?/m0/s1. The summed E-state index contributed by atoms with van der Waals surface area (Å²) in [5.74, 6) is 1.08. The Hall–Kier alpha value is -2.88. The van der Waals surface area contributed by atoms with E-state index >= 15 is 0 Å². The molecule has 2 atom stereocenters. The van der Waals surface area contributed by atoms with Crippen LogP contribution in [0.25, 0.3) is 17.0 Å². The Labute approximate surface area is 171 Å². The van der Waals surface area contributed by atoms with Crippen molar-refractivity contribution in [2.24, 2.45) is 5.92 Å². The highest BCUT2D eigenvalue weighted by Crippen LogP contribution is 2.66. The van der Waals surface area contributed by atoms with Crippen LogP contribution in [-0.4, -0.2) is 57.0 Å². The van der Waals surface area contributed by atoms with E-state index in [9.17, 15) is 8.78 Å². The predicted molar refractivity (Wildman–Crippen MR) is 105 cm³/mol. The van der Waals surface area contributed by atoms with Crippen molar-refractivity contribution in [3.05, 3.63) is 30.0 Å². The van der Waals surface area contributed by atoms with Gasteiger partial charge in [0.05, 0.1) is 25.5 Å². The number of halogens is 2. The first kappa shape index (κ1) is 17.9. The van der Waals surface area contributed by atoms with Crippen LogP contribution in [-0.2, 0) is 5.41 Å². The zero-order valence-electron chi connectivity index (χ0n) is 16.4. The molecule has 7 rings (SSSR count). The lowest BCUT2D eigenvalue weighted by Gasteiger charge is -2.61. The fourth-order valence-corrected chi connectivity index (χ4v) is 4.92. The lowest BCUT2D eigenvalue weighted by molar-refractivity contribution is -0.0333. The zero-order valence-corrected chi connectivity index (χ0v) is 16.4. The molecule has 3 aromatic rings. The molecule has 2 bridgehead atoms. The Morgan fingerprint density at radius 2 is 2.07 bits per heavy atom. The molecule has 156 valence electrons. The van der Waals surface area contributed by atoms with Gasteiger partial charge in [-0.15, -0.1) is 0 Å². The van der Waals surface area contributed by atoms with Gasteiger partial charge in [0.2, 0.25) is 5.95 Å². The second kappa shape index (κ2) is 6.31. The molecule has 3 aliphatic carbocycles. The van der Waals surface area contributed by atoms with Gasteiger partial charge in [-0.05, 0) is 25.2 Å². The van der Waals surface area contributed by atoms with Gasteiger partial charge in [0.15, 0.2) is 11.5 Å². The molecule has 0 spiro atoms. The second-order valence-electron chi connectivity index (χ2n) is 8.55. The third-order valence-corrected chi connectivity index (χ3v) is 6.66. The van der Waals surface area contributed by atoms with Crippen LogP contribution in [0.5, 0.6) is 5.75 Å². The number of nitrogens with one attached hydrogen (secondary N) is 2. The third-order valence-electron chi connectivity index (χ3n) is 6.66. The molecule has 4 heterocycles. The van der Waals surface area contributed by atoms with Crippen LogP contribution in [0.1, 0.15) is 25.0 Å². The topological polar surface area (TPSA) is 89.3 Å². The largest absolute Gasteiger partial charge is 0.495 e. The molecule has 0 radical (unpaired) electrons. The summed E-state index contributed by atoms with van der Waals surface area (Å²) >= 11 is 0. The molecule has 3 aromatic heterocycles. The molecule has 10 heteroatoms. The number of ether oxygens (including phenoxy) is 1. The first-order valence-corrected chi connectivity index (χ1v) is 10.1. The number of imidazole rings is 1. The third kappa shape index (κ3) is 2.52. The van der Waals surface area contributed by atoms with Crippen LogP contribution in [0.4, 0.5) is 14.7 Å². The van der Waals surface area contributed by atoms with Gasteiger partial charge in [-0.2, -0.15) is 5.10 Å². The van der Waals surface area contributed by atoms with Crippen LogP contribution in [0.3, 0.4) is 0 Å². The van der Waals surface area contributed by atoms with E-state index < -0.39 is 18.0 Å². The van der Waals surface area contributed by atoms with Crippen molar-refractivity contribution in [1.29, 1.82) is 0 Å². The van der Waals surface area contributed by atoms with E-state index in [-0.39, 0.29) is 23.6 Å². The molecule has 0 amide bonds. The molecule has 1 aliphatic heterocycles. The highest BCUT2D eigenvalue weighted by atomic mass is 19.1. The fraction of sp³-hybridized carbons (Fsp3) is 0.500. The average molecular weight is 413 g/mol. The number of nitrogens with zero attached hydrogens (tertiary/aromatic N) is 5. The molecule has 4 aliphatic rings. The Morgan fingerprint density at radius 1 is 1.23 bits per heavy atom. The summed E-state index contributed by atoms with van der Waals surface area (Å²) in [5, 5.41) is 10.7. The Morgan fingerprint density at radius 3 is 2.73 bits per heavy atom. The normalized spacial score (nSPS) is 29.5. The van der Waals surface area contributed by atoms with Gasteiger partial charge in [0.25, 0.3) is 0 Å². The SMILES string of the molecule is COc1cc2ncc(-c3nc(N[C@H]4CNC[C@@H]4F)ncc3F)n2nc1C12CC(C1)C2. The van der Waals surface area contributed by atoms with Crippen molar-refractivity contribution in [1.82, 2.24) is 29.9 Å². The number of methoxy groups -OCH3 is 1. The van der Waals surface area contributed by atoms with Gasteiger partial charge in [0.1, 0.15) is 29.0 Å². The van der Waals surface area contributed by atoms with Gasteiger partial charge in [-0.1, -0.05) is 0 Å². The van der Waals surface area contributed by atoms with Crippen molar-refractivity contribution < 1.29 is 13.5 Å². The Balaban J connectivity index is 1.42. The lowest BCUT2D eigenvalue weighted by Crippen LogP contribution is -2.56. The van der Waals surface area contributed by atoms with Gasteiger partial charge in [-0.25, -0.2) is 28.2 Å². The molecule has 4 fully saturated rings. The number of fused-ring (bicyclic) bond motifs is 1. The van der Waals surface area contributed by atoms with Gasteiger partial charge in [-0.3, -0.25) is 0 Å². The van der Waals surface area contributed by atoms with E-state index in [2.05, 4.69) is 25.6 Å². The molecule has 0 unspecified atom stereocenters. The first-order chi connectivity index (χ1) is 14.6. The van der Waals surface area contributed by atoms with Crippen molar-refractivity contribution in [3.63, 3.8) is 0 Å². The predicted octanol–water partition coefficient (Wildman–Crippen LogP) is 2.11. The maximum Gasteiger partial charge on any atom is 0.223 e. The lowest BCUT2D eigenvalue weighted by atomic mass is 9.43. The van der Waals surface area contributed by atoms with Crippen LogP contribution >= 0.6 is 0 Å². The van der Waals surface area contributed by atoms with Crippen molar-refractivity contribution in [2.75, 3.05) is 25.5 Å². The summed E-state index contributed by atoms with van der Waals surface area (Å²) in [7, 11) is 1.63. The van der Waals surface area contributed by atoms with E-state index in [1.165, 1.54) is 6.20 Å². The molecular formula is C20H21F2N7O. The van der Waals surface area contributed by atoms with E-state index in [1.807, 2.05) is 6.07 Å². The number of aromatic nitrogens is 5. The average Bonchev–Trinajstić information content (AvgIpc) is 3.26. The van der Waals surface area contributed by atoms with Gasteiger partial charge in [0, 0.05) is 24.6 Å². The zero-order chi connectivity index (χ0) is 20.5. The molecule has 0 aromatic carbocycles. The summed E-state index contributed by atoms with van der Waals surface area (Å²) in [4.78, 5) is 12.7. The smallest absolute Gasteiger partial charge is 0.223 e. The number of rotatable bonds is 5. The molecule has 8 nitrogen and oxygen atoms in total. The Kier molecular flexibility index (Phi) is 3.77. The van der Waals surface area contributed by atoms with Gasteiger partial charge >= 0.3 is 0 Å².